The fourth-order valence-electron chi connectivity index (χ4n) is 4.29. The van der Waals surface area contributed by atoms with Gasteiger partial charge in [-0.2, -0.15) is 0 Å². The number of amides is 1. The van der Waals surface area contributed by atoms with E-state index < -0.39 is 6.04 Å². The van der Waals surface area contributed by atoms with E-state index in [1.165, 1.54) is 0 Å². The molecular formula is C28H35N5O4. The van der Waals surface area contributed by atoms with Crippen LogP contribution in [0, 0.1) is 5.92 Å². The fraction of sp³-hybridized carbons (Fsp3) is 0.429. The van der Waals surface area contributed by atoms with Crippen LogP contribution >= 0.6 is 0 Å². The van der Waals surface area contributed by atoms with Crippen molar-refractivity contribution < 1.29 is 19.1 Å². The van der Waals surface area contributed by atoms with Crippen molar-refractivity contribution >= 4 is 28.6 Å². The molecule has 196 valence electrons. The lowest BCUT2D eigenvalue weighted by Crippen LogP contribution is -2.49. The molecule has 1 aliphatic rings. The van der Waals surface area contributed by atoms with E-state index in [-0.39, 0.29) is 24.4 Å². The van der Waals surface area contributed by atoms with Crippen LogP contribution in [0.15, 0.2) is 54.6 Å². The zero-order chi connectivity index (χ0) is 26.2. The molecule has 1 fully saturated rings. The van der Waals surface area contributed by atoms with E-state index in [2.05, 4.69) is 10.2 Å². The number of carbonyl (C=O) groups is 2. The normalized spacial score (nSPS) is 15.0. The van der Waals surface area contributed by atoms with Gasteiger partial charge in [0.25, 0.3) is 5.91 Å². The topological polar surface area (TPSA) is 96.9 Å². The molecule has 9 nitrogen and oxygen atoms in total. The third kappa shape index (κ3) is 6.95. The molecule has 9 heteroatoms. The standard InChI is InChI=1S/C28H35N5O4/c1-4-36-28(35)26(20(2)3)31-27-22-12-8-9-13-23(22)29-24(30-27)18-32-14-16-33(17-15-32)25(34)19-37-21-10-6-5-7-11-21/h5-13,20,26H,4,14-19H2,1-3H3,(H,29,30,31)/t26-/m0/s1. The number of carbonyl (C=O) groups excluding carboxylic acids is 2. The molecule has 0 bridgehead atoms. The molecule has 0 aliphatic carbocycles. The van der Waals surface area contributed by atoms with Crippen molar-refractivity contribution in [2.24, 2.45) is 5.92 Å². The summed E-state index contributed by atoms with van der Waals surface area (Å²) in [6.45, 7) is 9.33. The van der Waals surface area contributed by atoms with E-state index in [4.69, 9.17) is 19.4 Å². The number of aromatic nitrogens is 2. The Kier molecular flexibility index (Phi) is 8.90. The maximum absolute atomic E-state index is 12.6. The smallest absolute Gasteiger partial charge is 0.328 e. The van der Waals surface area contributed by atoms with Gasteiger partial charge >= 0.3 is 5.97 Å². The number of nitrogens with one attached hydrogen (secondary N) is 1. The molecule has 2 heterocycles. The fourth-order valence-corrected chi connectivity index (χ4v) is 4.29. The Morgan fingerprint density at radius 2 is 1.68 bits per heavy atom. The van der Waals surface area contributed by atoms with Crippen LogP contribution in [0.5, 0.6) is 5.75 Å². The number of anilines is 1. The number of benzene rings is 2. The molecule has 1 aliphatic heterocycles. The van der Waals surface area contributed by atoms with Gasteiger partial charge in [-0.25, -0.2) is 14.8 Å². The van der Waals surface area contributed by atoms with Gasteiger partial charge in [-0.05, 0) is 37.1 Å². The number of fused-ring (bicyclic) bond motifs is 1. The SMILES string of the molecule is CCOC(=O)[C@@H](Nc1nc(CN2CCN(C(=O)COc3ccccc3)CC2)nc2ccccc12)C(C)C. The number of esters is 1. The quantitative estimate of drug-likeness (QED) is 0.419. The van der Waals surface area contributed by atoms with Crippen LogP contribution in [0.1, 0.15) is 26.6 Å². The molecule has 37 heavy (non-hydrogen) atoms. The Hall–Kier alpha value is -3.72. The molecule has 1 amide bonds. The first-order chi connectivity index (χ1) is 17.9. The molecule has 1 aromatic heterocycles. The molecule has 2 aromatic carbocycles. The van der Waals surface area contributed by atoms with Gasteiger partial charge in [0.2, 0.25) is 0 Å². The molecule has 3 aromatic rings. The average molecular weight is 506 g/mol. The Balaban J connectivity index is 1.40. The van der Waals surface area contributed by atoms with E-state index >= 15 is 0 Å². The van der Waals surface area contributed by atoms with Crippen molar-refractivity contribution in [1.82, 2.24) is 19.8 Å². The summed E-state index contributed by atoms with van der Waals surface area (Å²) in [5, 5.41) is 4.18. The van der Waals surface area contributed by atoms with Crippen molar-refractivity contribution in [3.05, 3.63) is 60.4 Å². The molecule has 1 atom stereocenters. The number of ether oxygens (including phenoxy) is 2. The summed E-state index contributed by atoms with van der Waals surface area (Å²) in [5.74, 6) is 1.69. The molecule has 1 saturated heterocycles. The van der Waals surface area contributed by atoms with Crippen LogP contribution < -0.4 is 10.1 Å². The van der Waals surface area contributed by atoms with Gasteiger partial charge < -0.3 is 19.7 Å². The van der Waals surface area contributed by atoms with Crippen LogP contribution in [-0.2, 0) is 20.9 Å². The maximum Gasteiger partial charge on any atom is 0.328 e. The second kappa shape index (κ2) is 12.5. The highest BCUT2D eigenvalue weighted by molar-refractivity contribution is 5.91. The molecule has 0 unspecified atom stereocenters. The van der Waals surface area contributed by atoms with Crippen molar-refractivity contribution in [3.63, 3.8) is 0 Å². The summed E-state index contributed by atoms with van der Waals surface area (Å²) in [7, 11) is 0. The summed E-state index contributed by atoms with van der Waals surface area (Å²) in [5.41, 5.74) is 0.813. The average Bonchev–Trinajstić information content (AvgIpc) is 2.91. The van der Waals surface area contributed by atoms with Gasteiger partial charge in [0.1, 0.15) is 23.4 Å². The van der Waals surface area contributed by atoms with Crippen LogP contribution in [0.4, 0.5) is 5.82 Å². The highest BCUT2D eigenvalue weighted by Crippen LogP contribution is 2.23. The molecule has 0 radical (unpaired) electrons. The lowest BCUT2D eigenvalue weighted by atomic mass is 10.0. The highest BCUT2D eigenvalue weighted by atomic mass is 16.5. The number of para-hydroxylation sites is 2. The number of hydrogen-bond donors (Lipinski definition) is 1. The van der Waals surface area contributed by atoms with Gasteiger partial charge in [0, 0.05) is 31.6 Å². The number of nitrogens with zero attached hydrogens (tertiary/aromatic N) is 4. The first-order valence-corrected chi connectivity index (χ1v) is 12.8. The third-order valence-corrected chi connectivity index (χ3v) is 6.34. The highest BCUT2D eigenvalue weighted by Gasteiger charge is 2.26. The first-order valence-electron chi connectivity index (χ1n) is 12.8. The van der Waals surface area contributed by atoms with Gasteiger partial charge in [-0.15, -0.1) is 0 Å². The van der Waals surface area contributed by atoms with Crippen LogP contribution in [0.25, 0.3) is 10.9 Å². The van der Waals surface area contributed by atoms with Crippen LogP contribution in [0.2, 0.25) is 0 Å². The minimum Gasteiger partial charge on any atom is -0.484 e. The predicted octanol–water partition coefficient (Wildman–Crippen LogP) is 3.35. The van der Waals surface area contributed by atoms with E-state index in [9.17, 15) is 9.59 Å². The Morgan fingerprint density at radius 3 is 2.38 bits per heavy atom. The zero-order valence-corrected chi connectivity index (χ0v) is 21.7. The minimum absolute atomic E-state index is 0.0179. The molecular weight excluding hydrogens is 470 g/mol. The minimum atomic E-state index is -0.515. The first kappa shape index (κ1) is 26.3. The van der Waals surface area contributed by atoms with Gasteiger partial charge in [0.15, 0.2) is 6.61 Å². The van der Waals surface area contributed by atoms with E-state index in [0.717, 1.165) is 10.9 Å². The summed E-state index contributed by atoms with van der Waals surface area (Å²) < 4.78 is 10.9. The Morgan fingerprint density at radius 1 is 0.973 bits per heavy atom. The second-order valence-corrected chi connectivity index (χ2v) is 9.38. The molecule has 0 saturated carbocycles. The molecule has 1 N–H and O–H groups in total. The zero-order valence-electron chi connectivity index (χ0n) is 21.7. The molecule has 4 rings (SSSR count). The summed E-state index contributed by atoms with van der Waals surface area (Å²) in [4.78, 5) is 38.8. The lowest BCUT2D eigenvalue weighted by Gasteiger charge is -2.34. The maximum atomic E-state index is 12.6. The van der Waals surface area contributed by atoms with Gasteiger partial charge in [-0.3, -0.25) is 9.69 Å². The summed E-state index contributed by atoms with van der Waals surface area (Å²) in [6.07, 6.45) is 0. The Bertz CT molecular complexity index is 1200. The lowest BCUT2D eigenvalue weighted by molar-refractivity contribution is -0.145. The van der Waals surface area contributed by atoms with Gasteiger partial charge in [-0.1, -0.05) is 44.2 Å². The number of piperazine rings is 1. The van der Waals surface area contributed by atoms with Crippen LogP contribution in [0.3, 0.4) is 0 Å². The molecule has 0 spiro atoms. The largest absolute Gasteiger partial charge is 0.484 e. The van der Waals surface area contributed by atoms with Crippen LogP contribution in [-0.4, -0.2) is 77.1 Å². The van der Waals surface area contributed by atoms with Crippen molar-refractivity contribution in [1.29, 1.82) is 0 Å². The van der Waals surface area contributed by atoms with Crippen molar-refractivity contribution in [3.8, 4) is 5.75 Å². The predicted molar refractivity (Wildman–Crippen MR) is 142 cm³/mol. The number of hydrogen-bond acceptors (Lipinski definition) is 8. The third-order valence-electron chi connectivity index (χ3n) is 6.34. The monoisotopic (exact) mass is 505 g/mol. The number of rotatable bonds is 10. The van der Waals surface area contributed by atoms with Crippen molar-refractivity contribution in [2.75, 3.05) is 44.7 Å². The second-order valence-electron chi connectivity index (χ2n) is 9.38. The van der Waals surface area contributed by atoms with Gasteiger partial charge in [0.05, 0.1) is 18.7 Å². The van der Waals surface area contributed by atoms with E-state index in [0.29, 0.717) is 56.7 Å². The summed E-state index contributed by atoms with van der Waals surface area (Å²) in [6, 6.07) is 16.6. The summed E-state index contributed by atoms with van der Waals surface area (Å²) >= 11 is 0. The van der Waals surface area contributed by atoms with E-state index in [1.807, 2.05) is 73.3 Å². The Labute approximate surface area is 217 Å². The van der Waals surface area contributed by atoms with E-state index in [1.54, 1.807) is 6.92 Å². The van der Waals surface area contributed by atoms with Crippen molar-refractivity contribution in [2.45, 2.75) is 33.4 Å².